The van der Waals surface area contributed by atoms with Crippen LogP contribution in [0, 0.1) is 0 Å². The van der Waals surface area contributed by atoms with E-state index in [9.17, 15) is 4.79 Å². The Morgan fingerprint density at radius 2 is 2.00 bits per heavy atom. The van der Waals surface area contributed by atoms with Gasteiger partial charge in [0.05, 0.1) is 7.11 Å². The first-order valence-corrected chi connectivity index (χ1v) is 7.44. The van der Waals surface area contributed by atoms with E-state index in [1.54, 1.807) is 19.2 Å². The number of halogens is 2. The maximum atomic E-state index is 11.3. The van der Waals surface area contributed by atoms with E-state index >= 15 is 0 Å². The van der Waals surface area contributed by atoms with Crippen molar-refractivity contribution in [2.75, 3.05) is 7.11 Å². The molecule has 3 aromatic rings. The van der Waals surface area contributed by atoms with Crippen molar-refractivity contribution < 1.29 is 9.53 Å². The second-order valence-electron chi connectivity index (χ2n) is 4.95. The molecule has 0 N–H and O–H groups in total. The number of fused-ring (bicyclic) bond motifs is 1. The zero-order chi connectivity index (χ0) is 15.7. The zero-order valence-electron chi connectivity index (χ0n) is 11.8. The molecule has 0 aliphatic carbocycles. The van der Waals surface area contributed by atoms with E-state index in [2.05, 4.69) is 0 Å². The van der Waals surface area contributed by atoms with E-state index in [1.165, 1.54) is 0 Å². The third-order valence-electron chi connectivity index (χ3n) is 3.60. The Labute approximate surface area is 138 Å². The minimum atomic E-state index is 0.562. The van der Waals surface area contributed by atoms with Crippen molar-refractivity contribution in [2.24, 2.45) is 0 Å². The first-order chi connectivity index (χ1) is 10.6. The molecule has 3 rings (SSSR count). The highest BCUT2D eigenvalue weighted by Crippen LogP contribution is 2.28. The molecule has 5 heteroatoms. The maximum absolute atomic E-state index is 11.3. The van der Waals surface area contributed by atoms with Crippen LogP contribution < -0.4 is 4.74 Å². The van der Waals surface area contributed by atoms with Crippen LogP contribution in [-0.4, -0.2) is 18.0 Å². The third kappa shape index (κ3) is 2.70. The number of carbonyl (C=O) groups is 1. The highest BCUT2D eigenvalue weighted by molar-refractivity contribution is 6.35. The van der Waals surface area contributed by atoms with Gasteiger partial charge in [-0.15, -0.1) is 0 Å². The van der Waals surface area contributed by atoms with E-state index < -0.39 is 0 Å². The average molecular weight is 334 g/mol. The molecule has 0 aliphatic rings. The van der Waals surface area contributed by atoms with Crippen LogP contribution in [0.15, 0.2) is 42.6 Å². The molecule has 0 saturated carbocycles. The Balaban J connectivity index is 2.09. The molecule has 2 aromatic carbocycles. The Morgan fingerprint density at radius 1 is 1.18 bits per heavy atom. The highest BCUT2D eigenvalue weighted by Gasteiger charge is 2.11. The van der Waals surface area contributed by atoms with E-state index in [0.717, 1.165) is 28.5 Å². The molecule has 112 valence electrons. The van der Waals surface area contributed by atoms with Crippen molar-refractivity contribution in [3.05, 3.63) is 63.8 Å². The van der Waals surface area contributed by atoms with Gasteiger partial charge in [-0.1, -0.05) is 29.3 Å². The molecule has 22 heavy (non-hydrogen) atoms. The average Bonchev–Trinajstić information content (AvgIpc) is 2.87. The molecule has 1 heterocycles. The fraction of sp³-hybridized carbons (Fsp3) is 0.118. The van der Waals surface area contributed by atoms with Crippen LogP contribution >= 0.6 is 23.2 Å². The van der Waals surface area contributed by atoms with E-state index in [0.29, 0.717) is 22.2 Å². The molecule has 1 aromatic heterocycles. The SMILES string of the molecule is COc1ccc2c(c1)c(C=O)cn2Cc1ccc(Cl)cc1Cl. The van der Waals surface area contributed by atoms with Gasteiger partial charge >= 0.3 is 0 Å². The molecule has 0 bridgehead atoms. The number of hydrogen-bond donors (Lipinski definition) is 0. The lowest BCUT2D eigenvalue weighted by Crippen LogP contribution is -1.98. The summed E-state index contributed by atoms with van der Waals surface area (Å²) in [7, 11) is 1.60. The predicted octanol–water partition coefficient (Wildman–Crippen LogP) is 4.82. The number of benzene rings is 2. The summed E-state index contributed by atoms with van der Waals surface area (Å²) >= 11 is 12.2. The van der Waals surface area contributed by atoms with Crippen LogP contribution in [0.25, 0.3) is 10.9 Å². The van der Waals surface area contributed by atoms with Crippen molar-refractivity contribution in [1.29, 1.82) is 0 Å². The van der Waals surface area contributed by atoms with Crippen molar-refractivity contribution in [3.8, 4) is 5.75 Å². The van der Waals surface area contributed by atoms with E-state index in [4.69, 9.17) is 27.9 Å². The van der Waals surface area contributed by atoms with Crippen LogP contribution in [0.1, 0.15) is 15.9 Å². The van der Waals surface area contributed by atoms with Crippen LogP contribution in [0.5, 0.6) is 5.75 Å². The first-order valence-electron chi connectivity index (χ1n) is 6.68. The van der Waals surface area contributed by atoms with Crippen LogP contribution in [0.2, 0.25) is 10.0 Å². The Morgan fingerprint density at radius 3 is 2.68 bits per heavy atom. The number of rotatable bonds is 4. The molecule has 0 radical (unpaired) electrons. The molecule has 0 fully saturated rings. The summed E-state index contributed by atoms with van der Waals surface area (Å²) in [6.45, 7) is 0.562. The Bertz CT molecular complexity index is 855. The van der Waals surface area contributed by atoms with Gasteiger partial charge in [0.1, 0.15) is 5.75 Å². The second-order valence-corrected chi connectivity index (χ2v) is 5.79. The van der Waals surface area contributed by atoms with Crippen LogP contribution in [-0.2, 0) is 6.54 Å². The summed E-state index contributed by atoms with van der Waals surface area (Å²) in [5.41, 5.74) is 2.52. The lowest BCUT2D eigenvalue weighted by molar-refractivity contribution is 0.112. The van der Waals surface area contributed by atoms with Gasteiger partial charge in [0.25, 0.3) is 0 Å². The number of aromatic nitrogens is 1. The lowest BCUT2D eigenvalue weighted by atomic mass is 10.2. The van der Waals surface area contributed by atoms with Gasteiger partial charge in [0.15, 0.2) is 6.29 Å². The number of nitrogens with zero attached hydrogens (tertiary/aromatic N) is 1. The smallest absolute Gasteiger partial charge is 0.152 e. The van der Waals surface area contributed by atoms with Crippen molar-refractivity contribution >= 4 is 40.4 Å². The fourth-order valence-electron chi connectivity index (χ4n) is 2.49. The van der Waals surface area contributed by atoms with Crippen molar-refractivity contribution in [3.63, 3.8) is 0 Å². The minimum absolute atomic E-state index is 0.562. The largest absolute Gasteiger partial charge is 0.497 e. The molecular formula is C17H13Cl2NO2. The van der Waals surface area contributed by atoms with Gasteiger partial charge in [-0.05, 0) is 35.9 Å². The van der Waals surface area contributed by atoms with Crippen LogP contribution in [0.3, 0.4) is 0 Å². The van der Waals surface area contributed by atoms with Crippen LogP contribution in [0.4, 0.5) is 0 Å². The van der Waals surface area contributed by atoms with Gasteiger partial charge in [-0.2, -0.15) is 0 Å². The van der Waals surface area contributed by atoms with E-state index in [-0.39, 0.29) is 0 Å². The third-order valence-corrected chi connectivity index (χ3v) is 4.19. The summed E-state index contributed by atoms with van der Waals surface area (Å²) in [5, 5.41) is 2.07. The summed E-state index contributed by atoms with van der Waals surface area (Å²) in [5.74, 6) is 0.720. The summed E-state index contributed by atoms with van der Waals surface area (Å²) in [6.07, 6.45) is 2.67. The minimum Gasteiger partial charge on any atom is -0.497 e. The van der Waals surface area contributed by atoms with Gasteiger partial charge < -0.3 is 9.30 Å². The number of ether oxygens (including phenoxy) is 1. The van der Waals surface area contributed by atoms with Gasteiger partial charge in [0.2, 0.25) is 0 Å². The van der Waals surface area contributed by atoms with Crippen molar-refractivity contribution in [2.45, 2.75) is 6.54 Å². The normalized spacial score (nSPS) is 10.9. The van der Waals surface area contributed by atoms with Gasteiger partial charge in [0, 0.05) is 39.3 Å². The molecular weight excluding hydrogens is 321 g/mol. The lowest BCUT2D eigenvalue weighted by Gasteiger charge is -2.08. The summed E-state index contributed by atoms with van der Waals surface area (Å²) in [6, 6.07) is 11.1. The number of hydrogen-bond acceptors (Lipinski definition) is 2. The quantitative estimate of drug-likeness (QED) is 0.641. The molecule has 0 amide bonds. The second kappa shape index (κ2) is 6.03. The summed E-state index contributed by atoms with van der Waals surface area (Å²) in [4.78, 5) is 11.3. The van der Waals surface area contributed by atoms with Gasteiger partial charge in [-0.3, -0.25) is 4.79 Å². The molecule has 0 unspecified atom stereocenters. The molecule has 0 atom stereocenters. The first kappa shape index (κ1) is 14.9. The summed E-state index contributed by atoms with van der Waals surface area (Å²) < 4.78 is 7.21. The Kier molecular flexibility index (Phi) is 4.10. The Hall–Kier alpha value is -1.97. The highest BCUT2D eigenvalue weighted by atomic mass is 35.5. The monoisotopic (exact) mass is 333 g/mol. The fourth-order valence-corrected chi connectivity index (χ4v) is 2.96. The van der Waals surface area contributed by atoms with Crippen molar-refractivity contribution in [1.82, 2.24) is 4.57 Å². The maximum Gasteiger partial charge on any atom is 0.152 e. The molecule has 0 saturated heterocycles. The standard InChI is InChI=1S/C17H13Cl2NO2/c1-22-14-4-5-17-15(7-14)12(10-21)9-20(17)8-11-2-3-13(18)6-16(11)19/h2-7,9-10H,8H2,1H3. The zero-order valence-corrected chi connectivity index (χ0v) is 13.4. The predicted molar refractivity (Wildman–Crippen MR) is 89.4 cm³/mol. The topological polar surface area (TPSA) is 31.2 Å². The number of carbonyl (C=O) groups excluding carboxylic acids is 1. The van der Waals surface area contributed by atoms with E-state index in [1.807, 2.05) is 35.0 Å². The number of aldehydes is 1. The molecule has 0 spiro atoms. The van der Waals surface area contributed by atoms with Gasteiger partial charge in [-0.25, -0.2) is 0 Å². The molecule has 3 nitrogen and oxygen atoms in total. The number of methoxy groups -OCH3 is 1. The molecule has 0 aliphatic heterocycles.